The number of hydrogen-bond acceptors (Lipinski definition) is 2. The molecule has 0 bridgehead atoms. The van der Waals surface area contributed by atoms with Crippen molar-refractivity contribution in [3.63, 3.8) is 0 Å². The lowest BCUT2D eigenvalue weighted by Crippen LogP contribution is -2.43. The monoisotopic (exact) mass is 228 g/mol. The molecule has 1 fully saturated rings. The molecule has 3 nitrogen and oxygen atoms in total. The van der Waals surface area contributed by atoms with Crippen molar-refractivity contribution in [2.24, 2.45) is 0 Å². The van der Waals surface area contributed by atoms with Crippen LogP contribution in [0.5, 0.6) is 5.75 Å². The predicted octanol–water partition coefficient (Wildman–Crippen LogP) is 2.27. The Bertz CT molecular complexity index is 587. The first kappa shape index (κ1) is 9.54. The van der Waals surface area contributed by atoms with Crippen LogP contribution in [0.4, 0.5) is 0 Å². The van der Waals surface area contributed by atoms with Gasteiger partial charge in [-0.3, -0.25) is 0 Å². The first-order valence-electron chi connectivity index (χ1n) is 6.39. The fraction of sp³-hybridized carbons (Fsp3) is 0.429. The highest BCUT2D eigenvalue weighted by atomic mass is 16.3. The second-order valence-corrected chi connectivity index (χ2v) is 5.28. The number of benzene rings is 1. The first-order chi connectivity index (χ1) is 8.33. The van der Waals surface area contributed by atoms with Crippen LogP contribution in [0.15, 0.2) is 18.3 Å². The number of rotatable bonds is 0. The van der Waals surface area contributed by atoms with Gasteiger partial charge in [0, 0.05) is 35.1 Å². The molecule has 1 saturated heterocycles. The number of aromatic nitrogens is 1. The Morgan fingerprint density at radius 2 is 2.24 bits per heavy atom. The fourth-order valence-electron chi connectivity index (χ4n) is 3.59. The largest absolute Gasteiger partial charge is 0.508 e. The van der Waals surface area contributed by atoms with E-state index in [9.17, 15) is 5.11 Å². The standard InChI is InChI=1S/C14H16N2O/c17-9-5-11-10-2-1-3-15-12(10)4-8-7-16-13(6-9)14(8)11/h5-7,10,12,15-17H,1-4H2/t10-,12-/m1/s1. The maximum Gasteiger partial charge on any atom is 0.117 e. The normalized spacial score (nSPS) is 27.1. The molecular formula is C14H16N2O. The second-order valence-electron chi connectivity index (χ2n) is 5.28. The van der Waals surface area contributed by atoms with E-state index in [2.05, 4.69) is 16.5 Å². The average molecular weight is 228 g/mol. The van der Waals surface area contributed by atoms with Crippen molar-refractivity contribution in [2.45, 2.75) is 31.2 Å². The second kappa shape index (κ2) is 3.26. The molecule has 0 amide bonds. The molecule has 0 spiro atoms. The van der Waals surface area contributed by atoms with Gasteiger partial charge in [-0.05, 0) is 43.0 Å². The van der Waals surface area contributed by atoms with Gasteiger partial charge in [-0.2, -0.15) is 0 Å². The molecule has 3 heteroatoms. The lowest BCUT2D eigenvalue weighted by Gasteiger charge is -2.36. The van der Waals surface area contributed by atoms with E-state index in [0.29, 0.717) is 17.7 Å². The zero-order chi connectivity index (χ0) is 11.4. The Morgan fingerprint density at radius 1 is 1.29 bits per heavy atom. The molecule has 2 aliphatic rings. The quantitative estimate of drug-likeness (QED) is 0.647. The van der Waals surface area contributed by atoms with Crippen molar-refractivity contribution < 1.29 is 5.11 Å². The van der Waals surface area contributed by atoms with Crippen molar-refractivity contribution in [3.8, 4) is 5.75 Å². The smallest absolute Gasteiger partial charge is 0.117 e. The minimum absolute atomic E-state index is 0.382. The number of hydrogen-bond donors (Lipinski definition) is 3. The summed E-state index contributed by atoms with van der Waals surface area (Å²) in [6.07, 6.45) is 5.68. The van der Waals surface area contributed by atoms with Crippen LogP contribution >= 0.6 is 0 Å². The third-order valence-electron chi connectivity index (χ3n) is 4.30. The van der Waals surface area contributed by atoms with Crippen molar-refractivity contribution in [2.75, 3.05) is 6.54 Å². The SMILES string of the molecule is Oc1cc2c3c(c[nH]c3c1)C[C@H]1NCCC[C@H]21. The van der Waals surface area contributed by atoms with Crippen LogP contribution in [-0.4, -0.2) is 22.7 Å². The first-order valence-corrected chi connectivity index (χ1v) is 6.39. The van der Waals surface area contributed by atoms with Crippen LogP contribution in [0.3, 0.4) is 0 Å². The third kappa shape index (κ3) is 1.26. The summed E-state index contributed by atoms with van der Waals surface area (Å²) in [5, 5.41) is 14.8. The van der Waals surface area contributed by atoms with Crippen molar-refractivity contribution in [3.05, 3.63) is 29.5 Å². The summed E-state index contributed by atoms with van der Waals surface area (Å²) in [4.78, 5) is 3.28. The molecule has 0 saturated carbocycles. The number of piperidine rings is 1. The summed E-state index contributed by atoms with van der Waals surface area (Å²) in [5.74, 6) is 0.953. The third-order valence-corrected chi connectivity index (χ3v) is 4.30. The molecule has 0 radical (unpaired) electrons. The molecule has 1 aliphatic heterocycles. The van der Waals surface area contributed by atoms with Gasteiger partial charge >= 0.3 is 0 Å². The molecule has 2 heterocycles. The van der Waals surface area contributed by atoms with Crippen molar-refractivity contribution >= 4 is 10.9 Å². The number of phenolic OH excluding ortho intramolecular Hbond substituents is 1. The molecule has 1 aliphatic carbocycles. The maximum atomic E-state index is 9.83. The highest BCUT2D eigenvalue weighted by Crippen LogP contribution is 2.42. The summed E-state index contributed by atoms with van der Waals surface area (Å²) >= 11 is 0. The highest BCUT2D eigenvalue weighted by Gasteiger charge is 2.33. The number of fused-ring (bicyclic) bond motifs is 2. The van der Waals surface area contributed by atoms with Gasteiger partial charge in [-0.25, -0.2) is 0 Å². The Hall–Kier alpha value is -1.48. The van der Waals surface area contributed by atoms with Crippen LogP contribution in [-0.2, 0) is 6.42 Å². The Morgan fingerprint density at radius 3 is 3.18 bits per heavy atom. The number of H-pyrrole nitrogens is 1. The van der Waals surface area contributed by atoms with E-state index in [-0.39, 0.29) is 0 Å². The van der Waals surface area contributed by atoms with Gasteiger partial charge in [-0.15, -0.1) is 0 Å². The molecule has 1 aromatic heterocycles. The summed E-state index contributed by atoms with van der Waals surface area (Å²) in [6, 6.07) is 4.35. The van der Waals surface area contributed by atoms with Gasteiger partial charge in [0.25, 0.3) is 0 Å². The molecule has 4 rings (SSSR count). The lowest BCUT2D eigenvalue weighted by atomic mass is 9.76. The van der Waals surface area contributed by atoms with E-state index >= 15 is 0 Å². The number of nitrogens with one attached hydrogen (secondary N) is 2. The van der Waals surface area contributed by atoms with Crippen LogP contribution in [0.25, 0.3) is 10.9 Å². The van der Waals surface area contributed by atoms with E-state index in [4.69, 9.17) is 0 Å². The summed E-state index contributed by atoms with van der Waals surface area (Å²) < 4.78 is 0. The molecule has 88 valence electrons. The van der Waals surface area contributed by atoms with Gasteiger partial charge in [-0.1, -0.05) is 0 Å². The minimum Gasteiger partial charge on any atom is -0.508 e. The molecule has 0 unspecified atom stereocenters. The van der Waals surface area contributed by atoms with E-state index in [1.54, 1.807) is 0 Å². The van der Waals surface area contributed by atoms with Crippen LogP contribution < -0.4 is 5.32 Å². The number of phenols is 1. The summed E-state index contributed by atoms with van der Waals surface area (Å²) in [6.45, 7) is 1.13. The summed E-state index contributed by atoms with van der Waals surface area (Å²) in [7, 11) is 0. The Balaban J connectivity index is 1.99. The lowest BCUT2D eigenvalue weighted by molar-refractivity contribution is 0.344. The van der Waals surface area contributed by atoms with E-state index in [1.807, 2.05) is 12.1 Å². The molecule has 1 aromatic carbocycles. The van der Waals surface area contributed by atoms with Crippen molar-refractivity contribution in [1.29, 1.82) is 0 Å². The predicted molar refractivity (Wildman–Crippen MR) is 67.4 cm³/mol. The molecule has 2 atom stereocenters. The Labute approximate surface area is 99.8 Å². The van der Waals surface area contributed by atoms with Gasteiger partial charge < -0.3 is 15.4 Å². The average Bonchev–Trinajstić information content (AvgIpc) is 2.73. The summed E-state index contributed by atoms with van der Waals surface area (Å²) in [5.41, 5.74) is 3.81. The zero-order valence-electron chi connectivity index (χ0n) is 9.66. The van der Waals surface area contributed by atoms with Gasteiger partial charge in [0.1, 0.15) is 5.75 Å². The van der Waals surface area contributed by atoms with E-state index in [0.717, 1.165) is 18.5 Å². The Kier molecular flexibility index (Phi) is 1.83. The van der Waals surface area contributed by atoms with Crippen LogP contribution in [0, 0.1) is 0 Å². The fourth-order valence-corrected chi connectivity index (χ4v) is 3.59. The minimum atomic E-state index is 0.382. The topological polar surface area (TPSA) is 48.0 Å². The van der Waals surface area contributed by atoms with Gasteiger partial charge in [0.2, 0.25) is 0 Å². The van der Waals surface area contributed by atoms with Gasteiger partial charge in [0.15, 0.2) is 0 Å². The van der Waals surface area contributed by atoms with E-state index < -0.39 is 0 Å². The number of aromatic amines is 1. The van der Waals surface area contributed by atoms with Gasteiger partial charge in [0.05, 0.1) is 0 Å². The molecule has 3 N–H and O–H groups in total. The molecular weight excluding hydrogens is 212 g/mol. The van der Waals surface area contributed by atoms with E-state index in [1.165, 1.54) is 29.4 Å². The van der Waals surface area contributed by atoms with Crippen LogP contribution in [0.2, 0.25) is 0 Å². The zero-order valence-corrected chi connectivity index (χ0v) is 9.66. The van der Waals surface area contributed by atoms with Crippen LogP contribution in [0.1, 0.15) is 29.9 Å². The maximum absolute atomic E-state index is 9.83. The van der Waals surface area contributed by atoms with Crippen molar-refractivity contribution in [1.82, 2.24) is 10.3 Å². The highest BCUT2D eigenvalue weighted by molar-refractivity contribution is 5.89. The molecule has 2 aromatic rings. The number of aromatic hydroxyl groups is 1. The molecule has 17 heavy (non-hydrogen) atoms.